The van der Waals surface area contributed by atoms with Crippen LogP contribution in [0.4, 0.5) is 10.1 Å². The van der Waals surface area contributed by atoms with E-state index in [-0.39, 0.29) is 5.91 Å². The number of para-hydroxylation sites is 1. The summed E-state index contributed by atoms with van der Waals surface area (Å²) in [5, 5.41) is 7.76. The summed E-state index contributed by atoms with van der Waals surface area (Å²) in [6, 6.07) is 13.8. The van der Waals surface area contributed by atoms with Gasteiger partial charge in [-0.25, -0.2) is 19.0 Å². The van der Waals surface area contributed by atoms with E-state index in [1.165, 1.54) is 28.7 Å². The van der Waals surface area contributed by atoms with E-state index < -0.39 is 5.82 Å². The monoisotopic (exact) mass is 419 g/mol. The molecule has 2 aromatic heterocycles. The van der Waals surface area contributed by atoms with Gasteiger partial charge in [0.05, 0.1) is 17.5 Å². The second-order valence-electron chi connectivity index (χ2n) is 6.57. The van der Waals surface area contributed by atoms with E-state index in [1.54, 1.807) is 43.6 Å². The van der Waals surface area contributed by atoms with E-state index in [0.717, 1.165) is 10.5 Å². The first-order chi connectivity index (χ1) is 14.5. The molecule has 0 saturated heterocycles. The molecule has 1 amide bonds. The zero-order chi connectivity index (χ0) is 21.1. The van der Waals surface area contributed by atoms with Crippen LogP contribution in [-0.4, -0.2) is 25.7 Å². The molecule has 1 N–H and O–H groups in total. The van der Waals surface area contributed by atoms with E-state index in [9.17, 15) is 9.18 Å². The lowest BCUT2D eigenvalue weighted by Crippen LogP contribution is -2.14. The highest BCUT2D eigenvalue weighted by atomic mass is 32.2. The number of aryl methyl sites for hydroxylation is 1. The number of nitrogens with zero attached hydrogens (tertiary/aromatic N) is 4. The zero-order valence-electron chi connectivity index (χ0n) is 16.3. The summed E-state index contributed by atoms with van der Waals surface area (Å²) in [7, 11) is 0. The van der Waals surface area contributed by atoms with Gasteiger partial charge in [-0.3, -0.25) is 4.79 Å². The third-order valence-electron chi connectivity index (χ3n) is 4.53. The molecule has 0 aliphatic rings. The minimum Gasteiger partial charge on any atom is -0.322 e. The molecule has 0 atom stereocenters. The van der Waals surface area contributed by atoms with Crippen LogP contribution in [0.15, 0.2) is 77.2 Å². The number of rotatable bonds is 5. The summed E-state index contributed by atoms with van der Waals surface area (Å²) in [6.45, 7) is 3.65. The Bertz CT molecular complexity index is 1210. The van der Waals surface area contributed by atoms with Crippen LogP contribution in [0.25, 0.3) is 5.69 Å². The van der Waals surface area contributed by atoms with E-state index >= 15 is 0 Å². The molecule has 0 unspecified atom stereocenters. The summed E-state index contributed by atoms with van der Waals surface area (Å²) in [4.78, 5) is 22.2. The first-order valence-electron chi connectivity index (χ1n) is 9.19. The molecule has 2 heterocycles. The van der Waals surface area contributed by atoms with Crippen molar-refractivity contribution < 1.29 is 9.18 Å². The van der Waals surface area contributed by atoms with E-state index in [2.05, 4.69) is 20.4 Å². The van der Waals surface area contributed by atoms with Crippen molar-refractivity contribution in [3.8, 4) is 5.69 Å². The molecule has 0 saturated carbocycles. The highest BCUT2D eigenvalue weighted by Gasteiger charge is 2.17. The van der Waals surface area contributed by atoms with Gasteiger partial charge in [-0.2, -0.15) is 5.10 Å². The Morgan fingerprint density at radius 2 is 1.83 bits per heavy atom. The van der Waals surface area contributed by atoms with Gasteiger partial charge in [0.25, 0.3) is 5.91 Å². The number of aromatic nitrogens is 4. The molecule has 6 nitrogen and oxygen atoms in total. The van der Waals surface area contributed by atoms with Crippen molar-refractivity contribution in [3.05, 3.63) is 89.8 Å². The first kappa shape index (κ1) is 19.8. The van der Waals surface area contributed by atoms with Gasteiger partial charge in [-0.15, -0.1) is 0 Å². The molecule has 2 aromatic carbocycles. The van der Waals surface area contributed by atoms with Crippen molar-refractivity contribution in [1.82, 2.24) is 19.7 Å². The number of hydrogen-bond acceptors (Lipinski definition) is 5. The van der Waals surface area contributed by atoms with Crippen molar-refractivity contribution in [1.29, 1.82) is 0 Å². The summed E-state index contributed by atoms with van der Waals surface area (Å²) >= 11 is 1.45. The number of amides is 1. The largest absolute Gasteiger partial charge is 0.322 e. The Morgan fingerprint density at radius 1 is 1.07 bits per heavy atom. The van der Waals surface area contributed by atoms with Crippen LogP contribution in [0.5, 0.6) is 0 Å². The molecule has 0 radical (unpaired) electrons. The molecular weight excluding hydrogens is 401 g/mol. The maximum atomic E-state index is 14.1. The van der Waals surface area contributed by atoms with Gasteiger partial charge in [0.15, 0.2) is 5.16 Å². The Hall–Kier alpha value is -3.52. The SMILES string of the molecule is Cc1cc(Sc2ncccn2)ccc1NC(=O)c1cnn(-c2ccccc2F)c1C. The van der Waals surface area contributed by atoms with Gasteiger partial charge in [0, 0.05) is 23.0 Å². The normalized spacial score (nSPS) is 10.8. The summed E-state index contributed by atoms with van der Waals surface area (Å²) in [5.74, 6) is -0.702. The fraction of sp³-hybridized carbons (Fsp3) is 0.0909. The number of nitrogens with one attached hydrogen (secondary N) is 1. The zero-order valence-corrected chi connectivity index (χ0v) is 17.2. The lowest BCUT2D eigenvalue weighted by Gasteiger charge is -2.10. The summed E-state index contributed by atoms with van der Waals surface area (Å²) in [5.41, 5.74) is 2.84. The van der Waals surface area contributed by atoms with Crippen molar-refractivity contribution in [3.63, 3.8) is 0 Å². The summed E-state index contributed by atoms with van der Waals surface area (Å²) < 4.78 is 15.5. The number of hydrogen-bond donors (Lipinski definition) is 1. The van der Waals surface area contributed by atoms with Gasteiger partial charge in [-0.05, 0) is 67.6 Å². The third kappa shape index (κ3) is 4.08. The molecule has 0 spiro atoms. The maximum Gasteiger partial charge on any atom is 0.259 e. The van der Waals surface area contributed by atoms with Crippen LogP contribution < -0.4 is 5.32 Å². The average Bonchev–Trinajstić information content (AvgIpc) is 3.12. The van der Waals surface area contributed by atoms with Crippen LogP contribution in [0.2, 0.25) is 0 Å². The Balaban J connectivity index is 1.52. The van der Waals surface area contributed by atoms with Gasteiger partial charge in [0.2, 0.25) is 0 Å². The van der Waals surface area contributed by atoms with Crippen molar-refractivity contribution in [2.45, 2.75) is 23.9 Å². The number of halogens is 1. The van der Waals surface area contributed by atoms with E-state index in [0.29, 0.717) is 27.8 Å². The molecule has 0 bridgehead atoms. The van der Waals surface area contributed by atoms with E-state index in [4.69, 9.17) is 0 Å². The maximum absolute atomic E-state index is 14.1. The second kappa shape index (κ2) is 8.46. The number of anilines is 1. The minimum absolute atomic E-state index is 0.301. The predicted octanol–water partition coefficient (Wildman–Crippen LogP) is 4.82. The lowest BCUT2D eigenvalue weighted by atomic mass is 10.2. The van der Waals surface area contributed by atoms with Crippen LogP contribution in [-0.2, 0) is 0 Å². The average molecular weight is 419 g/mol. The Kier molecular flexibility index (Phi) is 5.58. The fourth-order valence-electron chi connectivity index (χ4n) is 2.97. The standard InChI is InChI=1S/C22H18FN5OS/c1-14-12-16(30-22-24-10-5-11-25-22)8-9-19(14)27-21(29)17-13-26-28(15(17)2)20-7-4-3-6-18(20)23/h3-13H,1-2H3,(H,27,29). The number of carbonyl (C=O) groups excluding carboxylic acids is 1. The topological polar surface area (TPSA) is 72.7 Å². The van der Waals surface area contributed by atoms with Crippen molar-refractivity contribution in [2.24, 2.45) is 0 Å². The summed E-state index contributed by atoms with van der Waals surface area (Å²) in [6.07, 6.45) is 4.84. The fourth-order valence-corrected chi connectivity index (χ4v) is 3.78. The molecule has 0 fully saturated rings. The number of carbonyl (C=O) groups is 1. The Labute approximate surface area is 177 Å². The molecule has 0 aliphatic heterocycles. The first-order valence-corrected chi connectivity index (χ1v) is 10.0. The second-order valence-corrected chi connectivity index (χ2v) is 7.61. The Morgan fingerprint density at radius 3 is 2.57 bits per heavy atom. The molecule has 4 rings (SSSR count). The molecule has 0 aliphatic carbocycles. The third-order valence-corrected chi connectivity index (χ3v) is 5.42. The molecular formula is C22H18FN5OS. The van der Waals surface area contributed by atoms with Crippen molar-refractivity contribution >= 4 is 23.4 Å². The van der Waals surface area contributed by atoms with Crippen LogP contribution >= 0.6 is 11.8 Å². The molecule has 150 valence electrons. The van der Waals surface area contributed by atoms with Gasteiger partial charge in [-0.1, -0.05) is 12.1 Å². The number of benzene rings is 2. The van der Waals surface area contributed by atoms with Gasteiger partial charge >= 0.3 is 0 Å². The molecule has 4 aromatic rings. The smallest absolute Gasteiger partial charge is 0.259 e. The van der Waals surface area contributed by atoms with Crippen molar-refractivity contribution in [2.75, 3.05) is 5.32 Å². The predicted molar refractivity (Wildman–Crippen MR) is 114 cm³/mol. The van der Waals surface area contributed by atoms with Crippen LogP contribution in [0.1, 0.15) is 21.6 Å². The van der Waals surface area contributed by atoms with Crippen LogP contribution in [0.3, 0.4) is 0 Å². The van der Waals surface area contributed by atoms with Gasteiger partial charge in [0.1, 0.15) is 11.5 Å². The molecule has 30 heavy (non-hydrogen) atoms. The van der Waals surface area contributed by atoms with E-state index in [1.807, 2.05) is 25.1 Å². The highest BCUT2D eigenvalue weighted by Crippen LogP contribution is 2.28. The van der Waals surface area contributed by atoms with Crippen LogP contribution in [0, 0.1) is 19.7 Å². The lowest BCUT2D eigenvalue weighted by molar-refractivity contribution is 0.102. The quantitative estimate of drug-likeness (QED) is 0.470. The molecule has 8 heteroatoms. The van der Waals surface area contributed by atoms with Gasteiger partial charge < -0.3 is 5.32 Å². The highest BCUT2D eigenvalue weighted by molar-refractivity contribution is 7.99. The minimum atomic E-state index is -0.401.